The Morgan fingerprint density at radius 2 is 2.33 bits per heavy atom. The molecule has 2 N–H and O–H groups in total. The van der Waals surface area contributed by atoms with Gasteiger partial charge in [-0.3, -0.25) is 5.14 Å². The quantitative estimate of drug-likeness (QED) is 0.482. The van der Waals surface area contributed by atoms with Gasteiger partial charge in [0.25, 0.3) is 0 Å². The molecule has 0 bridgehead atoms. The van der Waals surface area contributed by atoms with Crippen LogP contribution in [-0.4, -0.2) is 0 Å². The molecule has 0 aliphatic heterocycles. The summed E-state index contributed by atoms with van der Waals surface area (Å²) >= 11 is 1.20. The number of hydrogen-bond donors (Lipinski definition) is 1. The van der Waals surface area contributed by atoms with Crippen molar-refractivity contribution in [1.82, 2.24) is 0 Å². The van der Waals surface area contributed by atoms with Crippen LogP contribution in [0.1, 0.15) is 6.92 Å². The van der Waals surface area contributed by atoms with E-state index < -0.39 is 0 Å². The molecule has 0 aliphatic rings. The average molecular weight is 141 g/mol. The molecule has 0 saturated heterocycles. The number of nitrogens with two attached hydrogens (primary N) is 1. The van der Waals surface area contributed by atoms with Crippen LogP contribution >= 0.6 is 11.9 Å². The molecule has 0 amide bonds. The summed E-state index contributed by atoms with van der Waals surface area (Å²) in [6.07, 6.45) is 7.51. The number of rotatable bonds is 3. The summed E-state index contributed by atoms with van der Waals surface area (Å²) < 4.78 is 0. The van der Waals surface area contributed by atoms with Gasteiger partial charge in [0.1, 0.15) is 0 Å². The molecular formula is C7H11NS. The normalized spacial score (nSPS) is 12.4. The predicted octanol–water partition coefficient (Wildman–Crippen LogP) is 2.24. The molecule has 2 heteroatoms. The molecule has 0 aliphatic carbocycles. The van der Waals surface area contributed by atoms with E-state index in [2.05, 4.69) is 6.58 Å². The topological polar surface area (TPSA) is 26.0 Å². The summed E-state index contributed by atoms with van der Waals surface area (Å²) in [5.41, 5.74) is 0. The van der Waals surface area contributed by atoms with Crippen molar-refractivity contribution in [2.75, 3.05) is 0 Å². The van der Waals surface area contributed by atoms with Crippen molar-refractivity contribution in [1.29, 1.82) is 0 Å². The molecule has 0 aromatic rings. The van der Waals surface area contributed by atoms with E-state index in [1.165, 1.54) is 11.9 Å². The van der Waals surface area contributed by atoms with Crippen LogP contribution in [0, 0.1) is 0 Å². The highest BCUT2D eigenvalue weighted by Crippen LogP contribution is 2.07. The van der Waals surface area contributed by atoms with Crippen LogP contribution in [0.5, 0.6) is 0 Å². The van der Waals surface area contributed by atoms with E-state index in [-0.39, 0.29) is 0 Å². The van der Waals surface area contributed by atoms with E-state index in [0.717, 1.165) is 4.91 Å². The Morgan fingerprint density at radius 3 is 2.67 bits per heavy atom. The zero-order chi connectivity index (χ0) is 7.11. The molecule has 9 heavy (non-hydrogen) atoms. The second-order valence-electron chi connectivity index (χ2n) is 1.42. The lowest BCUT2D eigenvalue weighted by Gasteiger charge is -1.88. The highest BCUT2D eigenvalue weighted by molar-refractivity contribution is 8.01. The van der Waals surface area contributed by atoms with Crippen LogP contribution in [0.4, 0.5) is 0 Å². The predicted molar refractivity (Wildman–Crippen MR) is 44.9 cm³/mol. The summed E-state index contributed by atoms with van der Waals surface area (Å²) in [5, 5.41) is 5.27. The third-order valence-corrected chi connectivity index (χ3v) is 1.37. The number of hydrogen-bond acceptors (Lipinski definition) is 2. The van der Waals surface area contributed by atoms with Gasteiger partial charge in [-0.15, -0.1) is 0 Å². The third kappa shape index (κ3) is 4.06. The van der Waals surface area contributed by atoms with E-state index >= 15 is 0 Å². The van der Waals surface area contributed by atoms with Crippen molar-refractivity contribution in [3.8, 4) is 0 Å². The summed E-state index contributed by atoms with van der Waals surface area (Å²) in [6.45, 7) is 5.54. The maximum Gasteiger partial charge on any atom is 0.0219 e. The van der Waals surface area contributed by atoms with Crippen LogP contribution in [-0.2, 0) is 0 Å². The first kappa shape index (κ1) is 8.53. The van der Waals surface area contributed by atoms with Crippen LogP contribution < -0.4 is 5.14 Å². The second kappa shape index (κ2) is 5.66. The van der Waals surface area contributed by atoms with E-state index in [1.54, 1.807) is 6.08 Å². The first-order chi connectivity index (χ1) is 4.35. The van der Waals surface area contributed by atoms with Gasteiger partial charge in [0, 0.05) is 4.91 Å². The molecule has 0 heterocycles. The molecule has 0 radical (unpaired) electrons. The SMILES string of the molecule is C=C/C(=C\C=C/C)SN. The lowest BCUT2D eigenvalue weighted by atomic mass is 10.4. The van der Waals surface area contributed by atoms with Crippen molar-refractivity contribution >= 4 is 11.9 Å². The van der Waals surface area contributed by atoms with Crippen LogP contribution in [0.15, 0.2) is 35.8 Å². The smallest absolute Gasteiger partial charge is 0.0219 e. The van der Waals surface area contributed by atoms with Gasteiger partial charge in [0.15, 0.2) is 0 Å². The highest BCUT2D eigenvalue weighted by Gasteiger charge is 1.81. The fraction of sp³-hybridized carbons (Fsp3) is 0.143. The minimum atomic E-state index is 0.980. The van der Waals surface area contributed by atoms with Gasteiger partial charge < -0.3 is 0 Å². The Balaban J connectivity index is 3.90. The maximum absolute atomic E-state index is 5.27. The third-order valence-electron chi connectivity index (χ3n) is 0.790. The van der Waals surface area contributed by atoms with E-state index in [0.29, 0.717) is 0 Å². The monoisotopic (exact) mass is 141 g/mol. The Labute approximate surface area is 60.5 Å². The molecule has 0 rings (SSSR count). The largest absolute Gasteiger partial charge is 0.274 e. The first-order valence-corrected chi connectivity index (χ1v) is 3.55. The summed E-state index contributed by atoms with van der Waals surface area (Å²) in [7, 11) is 0. The molecule has 50 valence electrons. The van der Waals surface area contributed by atoms with Crippen molar-refractivity contribution in [2.45, 2.75) is 6.92 Å². The van der Waals surface area contributed by atoms with E-state index in [1.807, 2.05) is 25.2 Å². The van der Waals surface area contributed by atoms with Gasteiger partial charge in [-0.05, 0) is 24.9 Å². The standard InChI is InChI=1S/C7H11NS/c1-3-5-6-7(4-2)9-8/h3-6H,2,8H2,1H3/b5-3-,7-6+. The number of allylic oxidation sites excluding steroid dienone is 4. The fourth-order valence-corrected chi connectivity index (χ4v) is 0.600. The molecular weight excluding hydrogens is 130 g/mol. The van der Waals surface area contributed by atoms with Gasteiger partial charge in [-0.25, -0.2) is 0 Å². The van der Waals surface area contributed by atoms with E-state index in [9.17, 15) is 0 Å². The Kier molecular flexibility index (Phi) is 5.37. The van der Waals surface area contributed by atoms with Crippen molar-refractivity contribution in [3.05, 3.63) is 35.8 Å². The lowest BCUT2D eigenvalue weighted by Crippen LogP contribution is -1.77. The average Bonchev–Trinajstić information content (AvgIpc) is 1.91. The summed E-state index contributed by atoms with van der Waals surface area (Å²) in [5.74, 6) is 0. The minimum Gasteiger partial charge on any atom is -0.274 e. The Bertz CT molecular complexity index is 136. The molecule has 0 saturated carbocycles. The molecule has 0 atom stereocenters. The molecule has 0 spiro atoms. The van der Waals surface area contributed by atoms with Crippen LogP contribution in [0.3, 0.4) is 0 Å². The summed E-state index contributed by atoms with van der Waals surface area (Å²) in [6, 6.07) is 0. The van der Waals surface area contributed by atoms with Crippen LogP contribution in [0.2, 0.25) is 0 Å². The second-order valence-corrected chi connectivity index (χ2v) is 2.12. The zero-order valence-corrected chi connectivity index (χ0v) is 6.32. The molecule has 0 fully saturated rings. The van der Waals surface area contributed by atoms with Gasteiger partial charge in [-0.2, -0.15) is 0 Å². The molecule has 1 nitrogen and oxygen atoms in total. The van der Waals surface area contributed by atoms with Gasteiger partial charge >= 0.3 is 0 Å². The maximum atomic E-state index is 5.27. The molecule has 0 unspecified atom stereocenters. The van der Waals surface area contributed by atoms with Crippen LogP contribution in [0.25, 0.3) is 0 Å². The van der Waals surface area contributed by atoms with Crippen molar-refractivity contribution in [2.24, 2.45) is 5.14 Å². The minimum absolute atomic E-state index is 0.980. The fourth-order valence-electron chi connectivity index (χ4n) is 0.347. The highest BCUT2D eigenvalue weighted by atomic mass is 32.2. The van der Waals surface area contributed by atoms with Crippen molar-refractivity contribution < 1.29 is 0 Å². The van der Waals surface area contributed by atoms with Gasteiger partial charge in [-0.1, -0.05) is 24.8 Å². The Hall–Kier alpha value is -0.470. The molecule has 0 aromatic carbocycles. The first-order valence-electron chi connectivity index (χ1n) is 2.67. The van der Waals surface area contributed by atoms with Gasteiger partial charge in [0.2, 0.25) is 0 Å². The lowest BCUT2D eigenvalue weighted by molar-refractivity contribution is 1.72. The van der Waals surface area contributed by atoms with E-state index in [4.69, 9.17) is 5.14 Å². The zero-order valence-electron chi connectivity index (χ0n) is 5.50. The van der Waals surface area contributed by atoms with Crippen molar-refractivity contribution in [3.63, 3.8) is 0 Å². The Morgan fingerprint density at radius 1 is 1.67 bits per heavy atom. The molecule has 0 aromatic heterocycles. The van der Waals surface area contributed by atoms with Gasteiger partial charge in [0.05, 0.1) is 0 Å². The summed E-state index contributed by atoms with van der Waals surface area (Å²) in [4.78, 5) is 0.980.